The summed E-state index contributed by atoms with van der Waals surface area (Å²) in [5.74, 6) is -1.16. The maximum Gasteiger partial charge on any atom is 0.306 e. The summed E-state index contributed by atoms with van der Waals surface area (Å²) in [6, 6.07) is 0. The number of hydrogen-bond donors (Lipinski definition) is 2. The predicted octanol–water partition coefficient (Wildman–Crippen LogP) is 2.06. The van der Waals surface area contributed by atoms with E-state index in [1.807, 2.05) is 20.8 Å². The number of nitrogens with zero attached hydrogens (tertiary/aromatic N) is 3. The average molecular weight is 274 g/mol. The molecule has 110 valence electrons. The lowest BCUT2D eigenvalue weighted by Crippen LogP contribution is -2.43. The third-order valence-corrected chi connectivity index (χ3v) is 3.48. The Kier molecular flexibility index (Phi) is 4.97. The van der Waals surface area contributed by atoms with E-state index in [1.54, 1.807) is 7.05 Å². The van der Waals surface area contributed by atoms with Crippen molar-refractivity contribution in [2.24, 2.45) is 11.2 Å². The molecular weight excluding hydrogens is 250 g/mol. The topological polar surface area (TPSA) is 85.4 Å². The van der Waals surface area contributed by atoms with Gasteiger partial charge in [0.1, 0.15) is 6.10 Å². The van der Waals surface area contributed by atoms with E-state index in [1.165, 1.54) is 5.01 Å². The first kappa shape index (κ1) is 15.5. The Hall–Kier alpha value is -1.53. The molecule has 2 atom stereocenters. The maximum atomic E-state index is 10.9. The lowest BCUT2D eigenvalue weighted by Gasteiger charge is -2.24. The Labute approximate surface area is 113 Å². The predicted molar refractivity (Wildman–Crippen MR) is 66.5 cm³/mol. The van der Waals surface area contributed by atoms with Crippen molar-refractivity contribution in [2.45, 2.75) is 58.1 Å². The van der Waals surface area contributed by atoms with Crippen LogP contribution in [0.15, 0.2) is 5.28 Å². The van der Waals surface area contributed by atoms with Crippen LogP contribution in [0.2, 0.25) is 0 Å². The van der Waals surface area contributed by atoms with E-state index in [4.69, 9.17) is 9.94 Å². The summed E-state index contributed by atoms with van der Waals surface area (Å²) in [4.78, 5) is 16.8. The molecule has 0 spiro atoms. The zero-order valence-corrected chi connectivity index (χ0v) is 12.0. The molecule has 2 unspecified atom stereocenters. The average Bonchev–Trinajstić information content (AvgIpc) is 2.34. The summed E-state index contributed by atoms with van der Waals surface area (Å²) in [5.41, 5.74) is -0.294. The fourth-order valence-electron chi connectivity index (χ4n) is 1.90. The van der Waals surface area contributed by atoms with Gasteiger partial charge in [0.05, 0.1) is 18.5 Å². The number of hydrogen-bond acceptors (Lipinski definition) is 3. The van der Waals surface area contributed by atoms with Gasteiger partial charge in [-0.1, -0.05) is 0 Å². The smallest absolute Gasteiger partial charge is 0.306 e. The molecule has 7 heteroatoms. The SMILES string of the molecule is CN(/[N+](O)=N/OC1CCCC(C(=O)O)C1)C(C)(C)C. The molecule has 0 aromatic carbocycles. The van der Waals surface area contributed by atoms with Gasteiger partial charge in [0, 0.05) is 6.42 Å². The second-order valence-electron chi connectivity index (χ2n) is 5.97. The van der Waals surface area contributed by atoms with E-state index in [0.29, 0.717) is 17.8 Å². The van der Waals surface area contributed by atoms with Crippen LogP contribution in [0.4, 0.5) is 0 Å². The number of aliphatic carboxylic acids is 1. The van der Waals surface area contributed by atoms with Gasteiger partial charge in [0.2, 0.25) is 0 Å². The van der Waals surface area contributed by atoms with Crippen LogP contribution in [0.3, 0.4) is 0 Å². The van der Waals surface area contributed by atoms with Crippen molar-refractivity contribution in [3.63, 3.8) is 0 Å². The van der Waals surface area contributed by atoms with Crippen molar-refractivity contribution in [1.29, 1.82) is 0 Å². The van der Waals surface area contributed by atoms with Crippen molar-refractivity contribution < 1.29 is 24.9 Å². The van der Waals surface area contributed by atoms with Crippen LogP contribution in [0.1, 0.15) is 46.5 Å². The van der Waals surface area contributed by atoms with Crippen LogP contribution in [-0.2, 0) is 9.63 Å². The molecule has 1 rings (SSSR count). The van der Waals surface area contributed by atoms with Gasteiger partial charge in [-0.05, 0) is 40.0 Å². The Balaban J connectivity index is 2.53. The Bertz CT molecular complexity index is 351. The molecule has 0 radical (unpaired) electrons. The zero-order chi connectivity index (χ0) is 14.6. The van der Waals surface area contributed by atoms with Gasteiger partial charge in [0.25, 0.3) is 10.2 Å². The molecule has 2 N–H and O–H groups in total. The van der Waals surface area contributed by atoms with Gasteiger partial charge in [-0.15, -0.1) is 5.01 Å². The number of hydrazine groups is 1. The third-order valence-electron chi connectivity index (χ3n) is 3.48. The highest BCUT2D eigenvalue weighted by atomic mass is 16.7. The molecule has 19 heavy (non-hydrogen) atoms. The summed E-state index contributed by atoms with van der Waals surface area (Å²) < 4.78 is 0. The quantitative estimate of drug-likeness (QED) is 0.465. The Morgan fingerprint density at radius 2 is 2.05 bits per heavy atom. The van der Waals surface area contributed by atoms with Crippen molar-refractivity contribution in [3.05, 3.63) is 0 Å². The van der Waals surface area contributed by atoms with Crippen LogP contribution in [0, 0.1) is 5.92 Å². The third kappa shape index (κ3) is 4.57. The van der Waals surface area contributed by atoms with E-state index >= 15 is 0 Å². The molecular formula is C12H24N3O4+. The minimum atomic E-state index is -0.791. The normalized spacial score (nSPS) is 24.9. The summed E-state index contributed by atoms with van der Waals surface area (Å²) in [5, 5.41) is 23.8. The fraction of sp³-hybridized carbons (Fsp3) is 0.917. The molecule has 0 aromatic heterocycles. The molecule has 0 bridgehead atoms. The van der Waals surface area contributed by atoms with E-state index in [9.17, 15) is 10.0 Å². The highest BCUT2D eigenvalue weighted by Crippen LogP contribution is 2.26. The standard InChI is InChI=1S/C12H23N3O4/c1-12(2,3)14(4)15(18)13-19-10-7-5-6-9(8-10)11(16)17/h9-10H,5-8H2,1-4H3,(H-,13,16,17,18)/p+1. The molecule has 0 aromatic rings. The zero-order valence-electron chi connectivity index (χ0n) is 12.0. The molecule has 0 heterocycles. The fourth-order valence-corrected chi connectivity index (χ4v) is 1.90. The van der Waals surface area contributed by atoms with Gasteiger partial charge in [-0.3, -0.25) is 4.79 Å². The summed E-state index contributed by atoms with van der Waals surface area (Å²) in [6.07, 6.45) is 2.43. The summed E-state index contributed by atoms with van der Waals surface area (Å²) in [7, 11) is 1.69. The molecule has 1 aliphatic rings. The van der Waals surface area contributed by atoms with Crippen LogP contribution in [-0.4, -0.2) is 45.0 Å². The van der Waals surface area contributed by atoms with Crippen molar-refractivity contribution in [1.82, 2.24) is 5.01 Å². The summed E-state index contributed by atoms with van der Waals surface area (Å²) >= 11 is 0. The van der Waals surface area contributed by atoms with Crippen molar-refractivity contribution in [2.75, 3.05) is 7.05 Å². The minimum absolute atomic E-state index is 0.252. The monoisotopic (exact) mass is 274 g/mol. The molecule has 1 saturated carbocycles. The second kappa shape index (κ2) is 6.08. The number of carboxylic acid groups (broad SMARTS) is 1. The molecule has 1 fully saturated rings. The molecule has 1 aliphatic carbocycles. The first-order chi connectivity index (χ1) is 8.71. The van der Waals surface area contributed by atoms with Crippen molar-refractivity contribution in [3.8, 4) is 0 Å². The van der Waals surface area contributed by atoms with Gasteiger partial charge in [-0.25, -0.2) is 5.21 Å². The first-order valence-electron chi connectivity index (χ1n) is 6.54. The summed E-state index contributed by atoms with van der Waals surface area (Å²) in [6.45, 7) is 5.77. The number of carbonyl (C=O) groups is 1. The lowest BCUT2D eigenvalue weighted by molar-refractivity contribution is -0.946. The highest BCUT2D eigenvalue weighted by Gasteiger charge is 2.31. The van der Waals surface area contributed by atoms with Gasteiger partial charge in [-0.2, -0.15) is 0 Å². The van der Waals surface area contributed by atoms with E-state index < -0.39 is 5.97 Å². The van der Waals surface area contributed by atoms with Gasteiger partial charge in [0.15, 0.2) is 0 Å². The van der Waals surface area contributed by atoms with E-state index in [-0.39, 0.29) is 17.6 Å². The Morgan fingerprint density at radius 1 is 1.42 bits per heavy atom. The lowest BCUT2D eigenvalue weighted by atomic mass is 9.87. The van der Waals surface area contributed by atoms with E-state index in [0.717, 1.165) is 12.8 Å². The molecule has 0 amide bonds. The van der Waals surface area contributed by atoms with Crippen LogP contribution < -0.4 is 0 Å². The van der Waals surface area contributed by atoms with Crippen LogP contribution in [0.25, 0.3) is 0 Å². The van der Waals surface area contributed by atoms with Gasteiger partial charge < -0.3 is 9.94 Å². The maximum absolute atomic E-state index is 10.9. The van der Waals surface area contributed by atoms with Crippen LogP contribution in [0.5, 0.6) is 0 Å². The second-order valence-corrected chi connectivity index (χ2v) is 5.97. The number of rotatable bonds is 4. The Morgan fingerprint density at radius 3 is 2.58 bits per heavy atom. The van der Waals surface area contributed by atoms with E-state index in [2.05, 4.69) is 5.28 Å². The van der Waals surface area contributed by atoms with Crippen LogP contribution >= 0.6 is 0 Å². The minimum Gasteiger partial charge on any atom is -0.481 e. The largest absolute Gasteiger partial charge is 0.481 e. The molecule has 0 aliphatic heterocycles. The molecule has 0 saturated heterocycles. The van der Waals surface area contributed by atoms with Crippen molar-refractivity contribution >= 4 is 5.97 Å². The molecule has 7 nitrogen and oxygen atoms in total. The van der Waals surface area contributed by atoms with Gasteiger partial charge >= 0.3 is 5.97 Å². The number of carboxylic acids is 1. The highest BCUT2D eigenvalue weighted by molar-refractivity contribution is 5.70. The first-order valence-corrected chi connectivity index (χ1v) is 6.54.